The van der Waals surface area contributed by atoms with Crippen molar-refractivity contribution in [1.29, 1.82) is 0 Å². The van der Waals surface area contributed by atoms with E-state index in [1.54, 1.807) is 12.4 Å². The van der Waals surface area contributed by atoms with Gasteiger partial charge in [0.15, 0.2) is 11.0 Å². The normalized spacial score (nSPS) is 8.32. The predicted octanol–water partition coefficient (Wildman–Crippen LogP) is 2.61. The minimum Gasteiger partial charge on any atom is -0.382 e. The van der Waals surface area contributed by atoms with Crippen molar-refractivity contribution in [2.24, 2.45) is 0 Å². The third-order valence-corrected chi connectivity index (χ3v) is 2.11. The number of nitrogens with zero attached hydrogens (tertiary/aromatic N) is 4. The second-order valence-electron chi connectivity index (χ2n) is 2.97. The van der Waals surface area contributed by atoms with Gasteiger partial charge in [-0.05, 0) is 6.42 Å². The molecule has 6 nitrogen and oxygen atoms in total. The molecule has 0 amide bonds. The number of aryl methyl sites for hydroxylation is 1. The van der Waals surface area contributed by atoms with Crippen molar-refractivity contribution in [2.75, 3.05) is 11.5 Å². The molecule has 0 radical (unpaired) electrons. The molecule has 2 aromatic rings. The number of halogens is 1. The van der Waals surface area contributed by atoms with Gasteiger partial charge in [-0.2, -0.15) is 0 Å². The number of anilines is 2. The molecule has 106 valence electrons. The van der Waals surface area contributed by atoms with E-state index in [-0.39, 0.29) is 25.8 Å². The molecule has 19 heavy (non-hydrogen) atoms. The van der Waals surface area contributed by atoms with Crippen LogP contribution in [0.25, 0.3) is 0 Å². The van der Waals surface area contributed by atoms with Gasteiger partial charge in [0, 0.05) is 24.8 Å². The quantitative estimate of drug-likeness (QED) is 0.834. The number of rotatable bonds is 1. The average Bonchev–Trinajstić information content (AvgIpc) is 2.34. The number of nitrogens with two attached hydrogens (primary N) is 2. The Labute approximate surface area is 119 Å². The van der Waals surface area contributed by atoms with Crippen LogP contribution in [0.3, 0.4) is 0 Å². The van der Waals surface area contributed by atoms with Gasteiger partial charge in [0.05, 0.1) is 5.69 Å². The average molecular weight is 285 g/mol. The molecular weight excluding hydrogens is 264 g/mol. The Hall–Kier alpha value is -1.95. The largest absolute Gasteiger partial charge is 0.382 e. The Bertz CT molecular complexity index is 456. The summed E-state index contributed by atoms with van der Waals surface area (Å²) < 4.78 is 0. The molecule has 0 aromatic carbocycles. The summed E-state index contributed by atoms with van der Waals surface area (Å²) >= 11 is 5.41. The smallest absolute Gasteiger partial charge is 0.171 e. The first-order valence-corrected chi connectivity index (χ1v) is 5.30. The van der Waals surface area contributed by atoms with Gasteiger partial charge in [-0.3, -0.25) is 4.98 Å². The van der Waals surface area contributed by atoms with Gasteiger partial charge in [0.25, 0.3) is 0 Å². The van der Waals surface area contributed by atoms with Crippen LogP contribution >= 0.6 is 11.6 Å². The fourth-order valence-corrected chi connectivity index (χ4v) is 1.09. The van der Waals surface area contributed by atoms with E-state index < -0.39 is 0 Å². The van der Waals surface area contributed by atoms with Crippen LogP contribution in [0.4, 0.5) is 11.6 Å². The van der Waals surface area contributed by atoms with Crippen molar-refractivity contribution in [1.82, 2.24) is 19.9 Å². The monoisotopic (exact) mass is 284 g/mol. The summed E-state index contributed by atoms with van der Waals surface area (Å²) in [4.78, 5) is 15.2. The molecule has 2 rings (SSSR count). The van der Waals surface area contributed by atoms with Crippen molar-refractivity contribution in [3.8, 4) is 0 Å². The van der Waals surface area contributed by atoms with Crippen LogP contribution in [0.5, 0.6) is 0 Å². The predicted molar refractivity (Wildman–Crippen MR) is 80.7 cm³/mol. The maximum Gasteiger partial charge on any atom is 0.171 e. The van der Waals surface area contributed by atoms with E-state index in [0.717, 1.165) is 12.1 Å². The topological polar surface area (TPSA) is 104 Å². The van der Waals surface area contributed by atoms with Crippen LogP contribution in [-0.2, 0) is 6.42 Å². The zero-order chi connectivity index (χ0) is 12.7. The molecule has 0 atom stereocenters. The standard InChI is InChI=1S/C6H9N3.C4H4ClN3.2CH4/c1-2-5-6(7)9-4-3-8-5;5-3-4(6)8-2-1-7-3;;/h3-4H,2H2,1H3,(H2,7,9);1-2H,(H2,6,8);2*1H4. The van der Waals surface area contributed by atoms with Gasteiger partial charge in [-0.25, -0.2) is 15.0 Å². The lowest BCUT2D eigenvalue weighted by Gasteiger charge is -1.96. The Kier molecular flexibility index (Phi) is 10.2. The summed E-state index contributed by atoms with van der Waals surface area (Å²) in [5, 5.41) is 0.257. The summed E-state index contributed by atoms with van der Waals surface area (Å²) in [5.41, 5.74) is 11.5. The van der Waals surface area contributed by atoms with Crippen molar-refractivity contribution >= 4 is 23.2 Å². The second kappa shape index (κ2) is 10.0. The van der Waals surface area contributed by atoms with Crippen molar-refractivity contribution < 1.29 is 0 Å². The Morgan fingerprint density at radius 3 is 1.68 bits per heavy atom. The summed E-state index contributed by atoms with van der Waals surface area (Å²) in [6, 6.07) is 0. The molecule has 4 N–H and O–H groups in total. The SMILES string of the molecule is C.C.CCc1nccnc1N.Nc1nccnc1Cl. The van der Waals surface area contributed by atoms with Crippen molar-refractivity contribution in [3.63, 3.8) is 0 Å². The lowest BCUT2D eigenvalue weighted by Crippen LogP contribution is -1.97. The molecule has 0 saturated carbocycles. The summed E-state index contributed by atoms with van der Waals surface area (Å²) in [6.45, 7) is 2.00. The van der Waals surface area contributed by atoms with Crippen LogP contribution in [0.1, 0.15) is 27.5 Å². The zero-order valence-corrected chi connectivity index (χ0v) is 10.1. The number of aromatic nitrogens is 4. The highest BCUT2D eigenvalue weighted by atomic mass is 35.5. The highest BCUT2D eigenvalue weighted by Gasteiger charge is 1.94. The molecule has 2 aromatic heterocycles. The highest BCUT2D eigenvalue weighted by Crippen LogP contribution is 2.08. The van der Waals surface area contributed by atoms with E-state index >= 15 is 0 Å². The molecule has 0 fully saturated rings. The number of hydrogen-bond donors (Lipinski definition) is 2. The summed E-state index contributed by atoms with van der Waals surface area (Å²) in [5.74, 6) is 0.814. The van der Waals surface area contributed by atoms with E-state index in [9.17, 15) is 0 Å². The highest BCUT2D eigenvalue weighted by molar-refractivity contribution is 6.31. The summed E-state index contributed by atoms with van der Waals surface area (Å²) in [7, 11) is 0. The van der Waals surface area contributed by atoms with Crippen LogP contribution in [0, 0.1) is 0 Å². The zero-order valence-electron chi connectivity index (χ0n) is 9.34. The lowest BCUT2D eigenvalue weighted by molar-refractivity contribution is 1.01. The van der Waals surface area contributed by atoms with Crippen molar-refractivity contribution in [3.05, 3.63) is 35.6 Å². The van der Waals surface area contributed by atoms with Crippen molar-refractivity contribution in [2.45, 2.75) is 28.2 Å². The van der Waals surface area contributed by atoms with Gasteiger partial charge in [-0.15, -0.1) is 0 Å². The molecule has 7 heteroatoms. The molecule has 0 saturated heterocycles. The number of hydrogen-bond acceptors (Lipinski definition) is 6. The molecule has 0 aliphatic rings. The molecule has 0 unspecified atom stereocenters. The summed E-state index contributed by atoms with van der Waals surface area (Å²) in [6.07, 6.45) is 7.06. The molecule has 2 heterocycles. The van der Waals surface area contributed by atoms with E-state index in [1.807, 2.05) is 6.92 Å². The van der Waals surface area contributed by atoms with Gasteiger partial charge in [0.2, 0.25) is 0 Å². The van der Waals surface area contributed by atoms with E-state index in [2.05, 4.69) is 19.9 Å². The molecule has 0 spiro atoms. The maximum absolute atomic E-state index is 5.46. The minimum atomic E-state index is 0. The fourth-order valence-electron chi connectivity index (χ4n) is 0.982. The van der Waals surface area contributed by atoms with E-state index in [1.165, 1.54) is 12.4 Å². The first-order chi connectivity index (χ1) is 8.15. The first kappa shape index (κ1) is 19.4. The van der Waals surface area contributed by atoms with Gasteiger partial charge in [-0.1, -0.05) is 33.4 Å². The number of nitrogen functional groups attached to an aromatic ring is 2. The lowest BCUT2D eigenvalue weighted by atomic mass is 10.3. The molecule has 0 aliphatic carbocycles. The maximum atomic E-state index is 5.46. The third-order valence-electron chi connectivity index (χ3n) is 1.82. The van der Waals surface area contributed by atoms with Crippen LogP contribution < -0.4 is 11.5 Å². The van der Waals surface area contributed by atoms with Gasteiger partial charge in [0.1, 0.15) is 5.82 Å². The van der Waals surface area contributed by atoms with Gasteiger partial charge < -0.3 is 11.5 Å². The Balaban J connectivity index is 0. The molecule has 0 aliphatic heterocycles. The van der Waals surface area contributed by atoms with E-state index in [0.29, 0.717) is 5.82 Å². The van der Waals surface area contributed by atoms with E-state index in [4.69, 9.17) is 23.1 Å². The van der Waals surface area contributed by atoms with Crippen LogP contribution in [0.2, 0.25) is 5.15 Å². The molecular formula is C12H21ClN6. The molecule has 0 bridgehead atoms. The minimum absolute atomic E-state index is 0. The fraction of sp³-hybridized carbons (Fsp3) is 0.333. The van der Waals surface area contributed by atoms with Crippen LogP contribution in [-0.4, -0.2) is 19.9 Å². The Morgan fingerprint density at radius 2 is 1.37 bits per heavy atom. The first-order valence-electron chi connectivity index (χ1n) is 4.92. The van der Waals surface area contributed by atoms with Crippen LogP contribution in [0.15, 0.2) is 24.8 Å². The second-order valence-corrected chi connectivity index (χ2v) is 3.33. The van der Waals surface area contributed by atoms with Gasteiger partial charge >= 0.3 is 0 Å². The third kappa shape index (κ3) is 6.52. The Morgan fingerprint density at radius 1 is 0.895 bits per heavy atom.